The number of hydrogen-bond donors (Lipinski definition) is 0. The fourth-order valence-corrected chi connectivity index (χ4v) is 10.2. The summed E-state index contributed by atoms with van der Waals surface area (Å²) in [6.07, 6.45) is 0. The zero-order valence-corrected chi connectivity index (χ0v) is 36.0. The summed E-state index contributed by atoms with van der Waals surface area (Å²) >= 11 is 0. The van der Waals surface area contributed by atoms with Crippen molar-refractivity contribution >= 4 is 82.1 Å². The van der Waals surface area contributed by atoms with Crippen LogP contribution in [-0.2, 0) is 0 Å². The molecule has 2 nitrogen and oxygen atoms in total. The highest BCUT2D eigenvalue weighted by molar-refractivity contribution is 6.26. The second-order valence-corrected chi connectivity index (χ2v) is 17.2. The molecule has 0 amide bonds. The molecule has 0 atom stereocenters. The van der Waals surface area contributed by atoms with E-state index in [4.69, 9.17) is 4.42 Å². The molecule has 308 valence electrons. The van der Waals surface area contributed by atoms with Crippen LogP contribution in [0.1, 0.15) is 0 Å². The number of hydrogen-bond acceptors (Lipinski definition) is 2. The minimum absolute atomic E-state index is 0.860. The molecular formula is C64H41NO. The van der Waals surface area contributed by atoms with Crippen molar-refractivity contribution < 1.29 is 4.42 Å². The molecule has 0 aliphatic heterocycles. The van der Waals surface area contributed by atoms with E-state index in [1.807, 2.05) is 0 Å². The number of furan rings is 1. The quantitative estimate of drug-likeness (QED) is 0.149. The minimum Gasteiger partial charge on any atom is -0.455 e. The first-order valence-electron chi connectivity index (χ1n) is 22.7. The zero-order chi connectivity index (χ0) is 43.6. The molecule has 0 saturated carbocycles. The number of fused-ring (bicyclic) bond motifs is 10. The molecule has 12 aromatic carbocycles. The molecule has 66 heavy (non-hydrogen) atoms. The fraction of sp³-hybridized carbons (Fsp3) is 0. The zero-order valence-electron chi connectivity index (χ0n) is 36.0. The third-order valence-corrected chi connectivity index (χ3v) is 13.4. The van der Waals surface area contributed by atoms with Crippen LogP contribution in [0, 0.1) is 0 Å². The Morgan fingerprint density at radius 2 is 0.758 bits per heavy atom. The molecule has 1 heterocycles. The lowest BCUT2D eigenvalue weighted by atomic mass is 9.92. The second-order valence-electron chi connectivity index (χ2n) is 17.2. The lowest BCUT2D eigenvalue weighted by molar-refractivity contribution is 0.670. The second kappa shape index (κ2) is 15.5. The van der Waals surface area contributed by atoms with Crippen LogP contribution in [0.15, 0.2) is 253 Å². The van der Waals surface area contributed by atoms with E-state index >= 15 is 0 Å². The molecular weight excluding hydrogens is 799 g/mol. The Kier molecular flexibility index (Phi) is 8.89. The van der Waals surface area contributed by atoms with Gasteiger partial charge in [-0.3, -0.25) is 0 Å². The largest absolute Gasteiger partial charge is 0.455 e. The van der Waals surface area contributed by atoms with Crippen molar-refractivity contribution in [1.82, 2.24) is 0 Å². The number of para-hydroxylation sites is 1. The summed E-state index contributed by atoms with van der Waals surface area (Å²) in [4.78, 5) is 2.42. The molecule has 0 spiro atoms. The lowest BCUT2D eigenvalue weighted by Gasteiger charge is -2.28. The van der Waals surface area contributed by atoms with E-state index < -0.39 is 0 Å². The van der Waals surface area contributed by atoms with E-state index in [9.17, 15) is 0 Å². The molecule has 0 saturated heterocycles. The lowest BCUT2D eigenvalue weighted by Crippen LogP contribution is -2.10. The predicted octanol–water partition coefficient (Wildman–Crippen LogP) is 18.3. The maximum atomic E-state index is 6.93. The van der Waals surface area contributed by atoms with Crippen molar-refractivity contribution in [2.75, 3.05) is 4.90 Å². The molecule has 0 N–H and O–H groups in total. The maximum absolute atomic E-state index is 6.93. The van der Waals surface area contributed by atoms with Gasteiger partial charge in [-0.15, -0.1) is 0 Å². The first kappa shape index (κ1) is 37.8. The Labute approximate surface area is 382 Å². The molecule has 13 aromatic rings. The van der Waals surface area contributed by atoms with Crippen molar-refractivity contribution in [1.29, 1.82) is 0 Å². The molecule has 0 radical (unpaired) electrons. The molecule has 0 fully saturated rings. The summed E-state index contributed by atoms with van der Waals surface area (Å²) in [5, 5.41) is 12.2. The topological polar surface area (TPSA) is 16.4 Å². The van der Waals surface area contributed by atoms with Gasteiger partial charge in [0.25, 0.3) is 0 Å². The first-order valence-corrected chi connectivity index (χ1v) is 22.7. The molecule has 0 aliphatic carbocycles. The minimum atomic E-state index is 0.860. The van der Waals surface area contributed by atoms with Crippen molar-refractivity contribution in [3.63, 3.8) is 0 Å². The van der Waals surface area contributed by atoms with Crippen LogP contribution >= 0.6 is 0 Å². The Morgan fingerprint density at radius 3 is 1.45 bits per heavy atom. The normalized spacial score (nSPS) is 11.6. The molecule has 0 bridgehead atoms. The third kappa shape index (κ3) is 6.34. The van der Waals surface area contributed by atoms with Crippen molar-refractivity contribution in [3.8, 4) is 44.5 Å². The summed E-state index contributed by atoms with van der Waals surface area (Å²) in [7, 11) is 0. The third-order valence-electron chi connectivity index (χ3n) is 13.4. The van der Waals surface area contributed by atoms with Gasteiger partial charge in [0.15, 0.2) is 0 Å². The van der Waals surface area contributed by atoms with Crippen molar-refractivity contribution in [3.05, 3.63) is 249 Å². The van der Waals surface area contributed by atoms with Crippen LogP contribution in [0.25, 0.3) is 110 Å². The molecule has 0 aliphatic rings. The van der Waals surface area contributed by atoms with Gasteiger partial charge < -0.3 is 9.32 Å². The van der Waals surface area contributed by atoms with E-state index in [1.165, 1.54) is 59.8 Å². The summed E-state index contributed by atoms with van der Waals surface area (Å²) in [5.74, 6) is 0. The van der Waals surface area contributed by atoms with Crippen LogP contribution in [0.5, 0.6) is 0 Å². The number of rotatable bonds is 7. The highest BCUT2D eigenvalue weighted by Crippen LogP contribution is 2.48. The summed E-state index contributed by atoms with van der Waals surface area (Å²) in [5.41, 5.74) is 14.1. The van der Waals surface area contributed by atoms with E-state index in [0.717, 1.165) is 66.8 Å². The Balaban J connectivity index is 1.01. The molecule has 13 rings (SSSR count). The predicted molar refractivity (Wildman–Crippen MR) is 280 cm³/mol. The van der Waals surface area contributed by atoms with Gasteiger partial charge in [-0.25, -0.2) is 0 Å². The van der Waals surface area contributed by atoms with Crippen LogP contribution < -0.4 is 4.90 Å². The van der Waals surface area contributed by atoms with Gasteiger partial charge in [0.2, 0.25) is 0 Å². The Bertz CT molecular complexity index is 3960. The fourth-order valence-electron chi connectivity index (χ4n) is 10.2. The Hall–Kier alpha value is -8.72. The first-order chi connectivity index (χ1) is 32.7. The maximum Gasteiger partial charge on any atom is 0.145 e. The SMILES string of the molecule is c1ccc(-c2ccc(-c3cccc(N(c4cccc(-c5ccc6c7ccccc7c7ccccc7c6c5)c4)c4ccc(-c5ccc6ccccc6c5)c5oc6ccccc6c45)c3)cc2)cc1. The Morgan fingerprint density at radius 1 is 0.273 bits per heavy atom. The van der Waals surface area contributed by atoms with E-state index in [1.54, 1.807) is 0 Å². The van der Waals surface area contributed by atoms with Crippen LogP contribution in [0.3, 0.4) is 0 Å². The van der Waals surface area contributed by atoms with Gasteiger partial charge in [-0.2, -0.15) is 0 Å². The van der Waals surface area contributed by atoms with Crippen LogP contribution in [0.4, 0.5) is 17.1 Å². The summed E-state index contributed by atoms with van der Waals surface area (Å²) < 4.78 is 6.93. The van der Waals surface area contributed by atoms with Gasteiger partial charge in [-0.1, -0.05) is 194 Å². The monoisotopic (exact) mass is 839 g/mol. The van der Waals surface area contributed by atoms with E-state index in [-0.39, 0.29) is 0 Å². The smallest absolute Gasteiger partial charge is 0.145 e. The van der Waals surface area contributed by atoms with Gasteiger partial charge in [0, 0.05) is 22.3 Å². The van der Waals surface area contributed by atoms with Gasteiger partial charge in [0.1, 0.15) is 11.2 Å². The van der Waals surface area contributed by atoms with Gasteiger partial charge in [-0.05, 0) is 137 Å². The highest BCUT2D eigenvalue weighted by Gasteiger charge is 2.23. The van der Waals surface area contributed by atoms with Gasteiger partial charge >= 0.3 is 0 Å². The molecule has 0 unspecified atom stereocenters. The number of anilines is 3. The average Bonchev–Trinajstić information content (AvgIpc) is 3.79. The van der Waals surface area contributed by atoms with Crippen molar-refractivity contribution in [2.45, 2.75) is 0 Å². The summed E-state index contributed by atoms with van der Waals surface area (Å²) in [6.45, 7) is 0. The highest BCUT2D eigenvalue weighted by atomic mass is 16.3. The van der Waals surface area contributed by atoms with Crippen LogP contribution in [0.2, 0.25) is 0 Å². The van der Waals surface area contributed by atoms with E-state index in [0.29, 0.717) is 0 Å². The number of nitrogens with zero attached hydrogens (tertiary/aromatic N) is 1. The van der Waals surface area contributed by atoms with Crippen LogP contribution in [-0.4, -0.2) is 0 Å². The van der Waals surface area contributed by atoms with Crippen molar-refractivity contribution in [2.24, 2.45) is 0 Å². The average molecular weight is 840 g/mol. The summed E-state index contributed by atoms with van der Waals surface area (Å²) in [6, 6.07) is 90.2. The molecule has 2 heteroatoms. The number of benzene rings is 12. The van der Waals surface area contributed by atoms with Gasteiger partial charge in [0.05, 0.1) is 11.1 Å². The standard InChI is InChI=1S/C64H41NO/c1-2-14-42(15-3-1)44-28-30-45(31-29-44)47-18-12-20-51(39-47)65(61-37-36-53(50-33-32-43-16-4-5-17-46(43)38-50)64-63(61)59-26-10-11-27-62(59)66-64)52-21-13-19-48(40-52)49-34-35-58-56-24-7-6-22-54(56)55-23-8-9-25-57(55)60(58)41-49/h1-41H. The van der Waals surface area contributed by atoms with E-state index in [2.05, 4.69) is 254 Å². The molecule has 1 aromatic heterocycles.